The number of nitrogens with one attached hydrogen (secondary N) is 1. The highest BCUT2D eigenvalue weighted by molar-refractivity contribution is 8.00. The van der Waals surface area contributed by atoms with E-state index in [0.29, 0.717) is 22.6 Å². The van der Waals surface area contributed by atoms with Crippen LogP contribution in [0.5, 0.6) is 0 Å². The number of nitrogens with two attached hydrogens (primary N) is 1. The number of amides is 2. The Labute approximate surface area is 241 Å². The molecule has 4 N–H and O–H groups in total. The molecule has 5 rings (SSSR count). The molecule has 214 valence electrons. The minimum atomic E-state index is -1.27. The molecule has 2 amide bonds. The van der Waals surface area contributed by atoms with Crippen molar-refractivity contribution in [1.29, 1.82) is 0 Å². The zero-order valence-electron chi connectivity index (χ0n) is 22.2. The fraction of sp³-hybridized carbons (Fsp3) is 0.320. The Morgan fingerprint density at radius 1 is 1.34 bits per heavy atom. The predicted molar refractivity (Wildman–Crippen MR) is 148 cm³/mol. The number of nitrogens with zero attached hydrogens (tertiary/aromatic N) is 5. The highest BCUT2D eigenvalue weighted by Gasteiger charge is 2.54. The number of hydrogen-bond acceptors (Lipinski definition) is 11. The number of nitrogen functional groups attached to an aromatic ring is 1. The van der Waals surface area contributed by atoms with Crippen molar-refractivity contribution in [3.8, 4) is 0 Å². The van der Waals surface area contributed by atoms with Gasteiger partial charge in [0.25, 0.3) is 23.2 Å². The van der Waals surface area contributed by atoms with Crippen LogP contribution in [0.3, 0.4) is 0 Å². The van der Waals surface area contributed by atoms with Gasteiger partial charge in [0.05, 0.1) is 12.8 Å². The lowest BCUT2D eigenvalue weighted by atomic mass is 10.0. The Kier molecular flexibility index (Phi) is 7.68. The second-order valence-electron chi connectivity index (χ2n) is 8.98. The van der Waals surface area contributed by atoms with E-state index in [9.17, 15) is 24.3 Å². The summed E-state index contributed by atoms with van der Waals surface area (Å²) < 4.78 is 8.76. The van der Waals surface area contributed by atoms with Crippen molar-refractivity contribution >= 4 is 63.3 Å². The van der Waals surface area contributed by atoms with E-state index in [1.54, 1.807) is 30.5 Å². The second kappa shape index (κ2) is 11.2. The molecule has 0 bridgehead atoms. The molecule has 2 atom stereocenters. The number of carbonyl (C=O) groups excluding carboxylic acids is 3. The lowest BCUT2D eigenvalue weighted by Crippen LogP contribution is -2.71. The fourth-order valence-corrected chi connectivity index (χ4v) is 6.74. The number of rotatable bonds is 9. The van der Waals surface area contributed by atoms with Gasteiger partial charge in [-0.3, -0.25) is 14.5 Å². The van der Waals surface area contributed by atoms with Gasteiger partial charge in [-0.1, -0.05) is 11.2 Å². The normalized spacial score (nSPS) is 18.7. The van der Waals surface area contributed by atoms with E-state index in [2.05, 4.69) is 15.5 Å². The second-order valence-corrected chi connectivity index (χ2v) is 11.0. The number of thioether (sulfide) groups is 1. The maximum Gasteiger partial charge on any atom is 0.383 e. The molecule has 0 spiro atoms. The molecule has 0 aliphatic carbocycles. The average Bonchev–Trinajstić information content (AvgIpc) is 3.50. The number of imidazole rings is 1. The maximum atomic E-state index is 13.2. The lowest BCUT2D eigenvalue weighted by Gasteiger charge is -2.49. The number of β-lactam (4-membered cyclic amide) rings is 1. The smallest absolute Gasteiger partial charge is 0.383 e. The third kappa shape index (κ3) is 4.88. The lowest BCUT2D eigenvalue weighted by molar-refractivity contribution is -0.514. The summed E-state index contributed by atoms with van der Waals surface area (Å²) in [6.45, 7) is 3.80. The monoisotopic (exact) mass is 600 g/mol. The van der Waals surface area contributed by atoms with Gasteiger partial charge in [0.1, 0.15) is 36.5 Å². The fourth-order valence-electron chi connectivity index (χ4n) is 4.86. The van der Waals surface area contributed by atoms with Crippen LogP contribution in [0.25, 0.3) is 5.65 Å². The number of anilines is 1. The van der Waals surface area contributed by atoms with E-state index < -0.39 is 35.2 Å². The number of fused-ring (bicyclic) bond motifs is 2. The van der Waals surface area contributed by atoms with E-state index in [1.807, 2.05) is 16.7 Å². The third-order valence-electron chi connectivity index (χ3n) is 6.62. The minimum absolute atomic E-state index is 0.122. The van der Waals surface area contributed by atoms with Crippen molar-refractivity contribution in [3.05, 3.63) is 58.1 Å². The molecular weight excluding hydrogens is 574 g/mol. The average molecular weight is 601 g/mol. The van der Waals surface area contributed by atoms with E-state index >= 15 is 0 Å². The Balaban J connectivity index is 1.43. The van der Waals surface area contributed by atoms with Crippen molar-refractivity contribution in [1.82, 2.24) is 19.8 Å². The molecule has 2 aliphatic heterocycles. The standard InChI is InChI=1S/C25H25N7O7S2/c1-4-39-24(37)18-12(2)31(15-7-5-6-8-30(15)18)9-13-10-40-22-17(21(34)32(22)19(13)23(35)36)28-20(33)16(29-38-3)14-11-41-25(26)27-14/h5-8,11,17,22H,4,9-10H2,1-3H3,(H3-,26,27,28,33,35,36)/p+1/b29-16-/t17-,22+/m1/s1. The maximum absolute atomic E-state index is 13.2. The number of oxime groups is 1. The van der Waals surface area contributed by atoms with Crippen LogP contribution in [-0.2, 0) is 30.5 Å². The van der Waals surface area contributed by atoms with E-state index in [4.69, 9.17) is 15.3 Å². The molecule has 5 heterocycles. The highest BCUT2D eigenvalue weighted by Crippen LogP contribution is 2.41. The summed E-state index contributed by atoms with van der Waals surface area (Å²) in [6, 6.07) is 4.42. The number of esters is 1. The quantitative estimate of drug-likeness (QED) is 0.103. The zero-order chi connectivity index (χ0) is 29.4. The molecule has 1 saturated heterocycles. The van der Waals surface area contributed by atoms with Gasteiger partial charge >= 0.3 is 11.9 Å². The number of carboxylic acids is 1. The summed E-state index contributed by atoms with van der Waals surface area (Å²) in [5, 5.41) is 17.6. The summed E-state index contributed by atoms with van der Waals surface area (Å²) >= 11 is 2.44. The van der Waals surface area contributed by atoms with Gasteiger partial charge in [-0.05, 0) is 13.0 Å². The van der Waals surface area contributed by atoms with Crippen molar-refractivity contribution < 1.29 is 38.3 Å². The largest absolute Gasteiger partial charge is 0.477 e. The van der Waals surface area contributed by atoms with Crippen LogP contribution >= 0.6 is 23.1 Å². The number of pyridine rings is 1. The van der Waals surface area contributed by atoms with Gasteiger partial charge in [0.2, 0.25) is 0 Å². The summed E-state index contributed by atoms with van der Waals surface area (Å²) in [5.74, 6) is -2.77. The summed E-state index contributed by atoms with van der Waals surface area (Å²) in [4.78, 5) is 61.4. The van der Waals surface area contributed by atoms with Crippen LogP contribution in [0.2, 0.25) is 0 Å². The molecule has 41 heavy (non-hydrogen) atoms. The molecule has 0 radical (unpaired) electrons. The Hall–Kier alpha value is -4.44. The zero-order valence-corrected chi connectivity index (χ0v) is 23.8. The first-order valence-corrected chi connectivity index (χ1v) is 14.3. The van der Waals surface area contributed by atoms with Crippen molar-refractivity contribution in [3.63, 3.8) is 0 Å². The molecule has 2 aliphatic rings. The number of hydrogen-bond donors (Lipinski definition) is 3. The van der Waals surface area contributed by atoms with Gasteiger partial charge in [0, 0.05) is 29.7 Å². The summed E-state index contributed by atoms with van der Waals surface area (Å²) in [5.41, 5.74) is 7.61. The molecule has 16 heteroatoms. The Morgan fingerprint density at radius 2 is 2.12 bits per heavy atom. The Morgan fingerprint density at radius 3 is 2.78 bits per heavy atom. The predicted octanol–water partition coefficient (Wildman–Crippen LogP) is 0.540. The number of thiazole rings is 1. The Bertz CT molecular complexity index is 1640. The van der Waals surface area contributed by atoms with Crippen molar-refractivity contribution in [2.45, 2.75) is 31.8 Å². The van der Waals surface area contributed by atoms with Crippen molar-refractivity contribution in [2.24, 2.45) is 5.16 Å². The number of aliphatic carboxylic acids is 1. The molecule has 14 nitrogen and oxygen atoms in total. The number of carboxylic acid groups (broad SMARTS) is 1. The SMILES string of the molecule is CCOC(=O)c1c(C)n(CC2=C(C(=O)O)N3C(=O)[C@@H](NC(=O)/C(=N\OC)c4csc(N)n4)[C@@H]3SC2)c2cccc[n+]12. The number of carbonyl (C=O) groups is 4. The third-order valence-corrected chi connectivity index (χ3v) is 8.63. The first-order chi connectivity index (χ1) is 19.7. The van der Waals surface area contributed by atoms with Crippen LogP contribution in [0.15, 0.2) is 46.2 Å². The van der Waals surface area contributed by atoms with Gasteiger partial charge in [-0.15, -0.1) is 23.1 Å². The van der Waals surface area contributed by atoms with Crippen LogP contribution in [0, 0.1) is 6.92 Å². The topological polar surface area (TPSA) is 183 Å². The van der Waals surface area contributed by atoms with Crippen LogP contribution in [-0.4, -0.2) is 79.9 Å². The van der Waals surface area contributed by atoms with Gasteiger partial charge in [-0.25, -0.2) is 19.1 Å². The number of aromatic nitrogens is 3. The van der Waals surface area contributed by atoms with Crippen LogP contribution in [0.1, 0.15) is 28.8 Å². The first kappa shape index (κ1) is 28.1. The van der Waals surface area contributed by atoms with Gasteiger partial charge in [0.15, 0.2) is 16.5 Å². The molecule has 0 unspecified atom stereocenters. The summed E-state index contributed by atoms with van der Waals surface area (Å²) in [6.07, 6.45) is 1.73. The molecule has 1 fully saturated rings. The number of ether oxygens (including phenoxy) is 1. The minimum Gasteiger partial charge on any atom is -0.477 e. The van der Waals surface area contributed by atoms with Crippen LogP contribution < -0.4 is 15.5 Å². The molecule has 0 saturated carbocycles. The van der Waals surface area contributed by atoms with Gasteiger partial charge in [-0.2, -0.15) is 4.40 Å². The van der Waals surface area contributed by atoms with Gasteiger partial charge < -0.3 is 25.7 Å². The van der Waals surface area contributed by atoms with E-state index in [1.165, 1.54) is 29.2 Å². The van der Waals surface area contributed by atoms with E-state index in [0.717, 1.165) is 11.3 Å². The molecule has 3 aromatic rings. The molecule has 0 aromatic carbocycles. The summed E-state index contributed by atoms with van der Waals surface area (Å²) in [7, 11) is 1.27. The van der Waals surface area contributed by atoms with E-state index in [-0.39, 0.29) is 41.1 Å². The highest BCUT2D eigenvalue weighted by atomic mass is 32.2. The van der Waals surface area contributed by atoms with Crippen molar-refractivity contribution in [2.75, 3.05) is 25.2 Å². The molecular formula is C25H26N7O7S2+. The van der Waals surface area contributed by atoms with Crippen LogP contribution in [0.4, 0.5) is 5.13 Å². The molecule has 3 aromatic heterocycles. The first-order valence-electron chi connectivity index (χ1n) is 12.4.